The third-order valence-electron chi connectivity index (χ3n) is 2.12. The van der Waals surface area contributed by atoms with Gasteiger partial charge in [-0.05, 0) is 23.8 Å². The van der Waals surface area contributed by atoms with Crippen molar-refractivity contribution >= 4 is 23.5 Å². The van der Waals surface area contributed by atoms with Gasteiger partial charge in [0.1, 0.15) is 0 Å². The van der Waals surface area contributed by atoms with E-state index in [0.717, 1.165) is 6.08 Å². The highest BCUT2D eigenvalue weighted by Crippen LogP contribution is 2.17. The van der Waals surface area contributed by atoms with Gasteiger partial charge >= 0.3 is 5.97 Å². The van der Waals surface area contributed by atoms with Crippen LogP contribution in [-0.2, 0) is 4.79 Å². The molecule has 0 amide bonds. The maximum atomic E-state index is 11.5. The van der Waals surface area contributed by atoms with Crippen molar-refractivity contribution in [2.24, 2.45) is 0 Å². The molecule has 0 fully saturated rings. The predicted molar refractivity (Wildman–Crippen MR) is 62.1 cm³/mol. The van der Waals surface area contributed by atoms with E-state index in [9.17, 15) is 9.59 Å². The summed E-state index contributed by atoms with van der Waals surface area (Å²) in [6, 6.07) is 4.87. The number of nitrogens with two attached hydrogens (primary N) is 1. The highest BCUT2D eigenvalue weighted by molar-refractivity contribution is 6.01. The minimum Gasteiger partial charge on any atom is -0.478 e. The third-order valence-corrected chi connectivity index (χ3v) is 2.12. The molecule has 0 bridgehead atoms. The van der Waals surface area contributed by atoms with Gasteiger partial charge in [-0.25, -0.2) is 4.79 Å². The fourth-order valence-corrected chi connectivity index (χ4v) is 1.28. The van der Waals surface area contributed by atoms with Crippen LogP contribution in [-0.4, -0.2) is 16.9 Å². The van der Waals surface area contributed by atoms with Gasteiger partial charge < -0.3 is 10.8 Å². The number of benzene rings is 1. The Balaban J connectivity index is 3.07. The average Bonchev–Trinajstić information content (AvgIpc) is 2.27. The van der Waals surface area contributed by atoms with Gasteiger partial charge in [0.05, 0.1) is 0 Å². The number of carboxylic acids is 1. The second-order valence-electron chi connectivity index (χ2n) is 3.29. The molecule has 0 aromatic heterocycles. The van der Waals surface area contributed by atoms with Gasteiger partial charge in [-0.1, -0.05) is 13.0 Å². The Kier molecular flexibility index (Phi) is 3.83. The number of hydrogen-bond donors (Lipinski definition) is 2. The highest BCUT2D eigenvalue weighted by atomic mass is 16.4. The van der Waals surface area contributed by atoms with Gasteiger partial charge in [0.15, 0.2) is 5.78 Å². The molecule has 0 saturated heterocycles. The zero-order valence-corrected chi connectivity index (χ0v) is 8.93. The van der Waals surface area contributed by atoms with E-state index in [1.165, 1.54) is 6.08 Å². The lowest BCUT2D eigenvalue weighted by molar-refractivity contribution is -0.131. The standard InChI is InChI=1S/C12H13NO3/c1-2-11(14)9-7-8(3-5-10(9)13)4-6-12(15)16/h3-7H,2,13H2,1H3,(H,15,16)/b6-4+. The molecule has 16 heavy (non-hydrogen) atoms. The monoisotopic (exact) mass is 219 g/mol. The molecule has 3 N–H and O–H groups in total. The number of rotatable bonds is 4. The van der Waals surface area contributed by atoms with Crippen molar-refractivity contribution in [3.05, 3.63) is 35.4 Å². The van der Waals surface area contributed by atoms with Crippen LogP contribution in [0.2, 0.25) is 0 Å². The number of carboxylic acid groups (broad SMARTS) is 1. The van der Waals surface area contributed by atoms with Crippen LogP contribution < -0.4 is 5.73 Å². The molecule has 0 saturated carbocycles. The van der Waals surface area contributed by atoms with E-state index in [-0.39, 0.29) is 5.78 Å². The second kappa shape index (κ2) is 5.11. The van der Waals surface area contributed by atoms with E-state index in [1.54, 1.807) is 25.1 Å². The summed E-state index contributed by atoms with van der Waals surface area (Å²) in [5.41, 5.74) is 7.16. The summed E-state index contributed by atoms with van der Waals surface area (Å²) in [5.74, 6) is -1.08. The summed E-state index contributed by atoms with van der Waals surface area (Å²) in [7, 11) is 0. The summed E-state index contributed by atoms with van der Waals surface area (Å²) < 4.78 is 0. The van der Waals surface area contributed by atoms with E-state index in [0.29, 0.717) is 23.2 Å². The highest BCUT2D eigenvalue weighted by Gasteiger charge is 2.07. The van der Waals surface area contributed by atoms with Crippen molar-refractivity contribution in [2.75, 3.05) is 5.73 Å². The fraction of sp³-hybridized carbons (Fsp3) is 0.167. The molecule has 0 unspecified atom stereocenters. The second-order valence-corrected chi connectivity index (χ2v) is 3.29. The molecule has 1 aromatic carbocycles. The van der Waals surface area contributed by atoms with Gasteiger partial charge in [-0.3, -0.25) is 4.79 Å². The van der Waals surface area contributed by atoms with Crippen LogP contribution in [0.15, 0.2) is 24.3 Å². The summed E-state index contributed by atoms with van der Waals surface area (Å²) in [4.78, 5) is 21.8. The zero-order valence-electron chi connectivity index (χ0n) is 8.93. The fourth-order valence-electron chi connectivity index (χ4n) is 1.28. The van der Waals surface area contributed by atoms with Gasteiger partial charge in [-0.2, -0.15) is 0 Å². The molecule has 0 heterocycles. The smallest absolute Gasteiger partial charge is 0.328 e. The third kappa shape index (κ3) is 2.95. The lowest BCUT2D eigenvalue weighted by Crippen LogP contribution is -2.02. The van der Waals surface area contributed by atoms with E-state index < -0.39 is 5.97 Å². The number of ketones is 1. The number of nitrogen functional groups attached to an aromatic ring is 1. The van der Waals surface area contributed by atoms with Crippen LogP contribution in [0.3, 0.4) is 0 Å². The topological polar surface area (TPSA) is 80.4 Å². The lowest BCUT2D eigenvalue weighted by Gasteiger charge is -2.04. The first-order valence-electron chi connectivity index (χ1n) is 4.88. The van der Waals surface area contributed by atoms with Crippen LogP contribution in [0.1, 0.15) is 29.3 Å². The van der Waals surface area contributed by atoms with Crippen molar-refractivity contribution in [2.45, 2.75) is 13.3 Å². The quantitative estimate of drug-likeness (QED) is 0.461. The van der Waals surface area contributed by atoms with Crippen LogP contribution in [0.25, 0.3) is 6.08 Å². The molecule has 1 rings (SSSR count). The Morgan fingerprint density at radius 2 is 2.12 bits per heavy atom. The predicted octanol–water partition coefficient (Wildman–Crippen LogP) is 1.96. The molecule has 0 atom stereocenters. The van der Waals surface area contributed by atoms with Crippen molar-refractivity contribution in [3.63, 3.8) is 0 Å². The van der Waals surface area contributed by atoms with Crippen LogP contribution in [0.4, 0.5) is 5.69 Å². The van der Waals surface area contributed by atoms with E-state index in [1.807, 2.05) is 0 Å². The van der Waals surface area contributed by atoms with Crippen molar-refractivity contribution in [3.8, 4) is 0 Å². The molecular formula is C12H13NO3. The molecule has 0 radical (unpaired) electrons. The number of carbonyl (C=O) groups excluding carboxylic acids is 1. The Hall–Kier alpha value is -2.10. The Labute approximate surface area is 93.4 Å². The van der Waals surface area contributed by atoms with Gasteiger partial charge in [0.25, 0.3) is 0 Å². The average molecular weight is 219 g/mol. The van der Waals surface area contributed by atoms with E-state index in [2.05, 4.69) is 0 Å². The number of carbonyl (C=O) groups is 2. The Morgan fingerprint density at radius 1 is 1.44 bits per heavy atom. The molecule has 0 spiro atoms. The SMILES string of the molecule is CCC(=O)c1cc(/C=C/C(=O)O)ccc1N. The Morgan fingerprint density at radius 3 is 2.69 bits per heavy atom. The number of hydrogen-bond acceptors (Lipinski definition) is 3. The molecule has 0 aliphatic rings. The largest absolute Gasteiger partial charge is 0.478 e. The summed E-state index contributed by atoms with van der Waals surface area (Å²) >= 11 is 0. The molecule has 84 valence electrons. The molecule has 4 nitrogen and oxygen atoms in total. The molecule has 1 aromatic rings. The van der Waals surface area contributed by atoms with Crippen LogP contribution >= 0.6 is 0 Å². The zero-order chi connectivity index (χ0) is 12.1. The summed E-state index contributed by atoms with van der Waals surface area (Å²) in [6.45, 7) is 1.75. The molecule has 4 heteroatoms. The number of anilines is 1. The van der Waals surface area contributed by atoms with Crippen molar-refractivity contribution < 1.29 is 14.7 Å². The Bertz CT molecular complexity index is 450. The maximum absolute atomic E-state index is 11.5. The van der Waals surface area contributed by atoms with Crippen molar-refractivity contribution in [1.29, 1.82) is 0 Å². The van der Waals surface area contributed by atoms with Gasteiger partial charge in [-0.15, -0.1) is 0 Å². The minimum atomic E-state index is -1.03. The molecule has 0 aliphatic carbocycles. The maximum Gasteiger partial charge on any atom is 0.328 e. The van der Waals surface area contributed by atoms with Gasteiger partial charge in [0, 0.05) is 23.7 Å². The van der Waals surface area contributed by atoms with Gasteiger partial charge in [0.2, 0.25) is 0 Å². The number of Topliss-reactive ketones (excluding diaryl/α,β-unsaturated/α-hetero) is 1. The summed E-state index contributed by atoms with van der Waals surface area (Å²) in [5, 5.41) is 8.48. The minimum absolute atomic E-state index is 0.0527. The first-order chi connectivity index (χ1) is 7.54. The molecule has 0 aliphatic heterocycles. The number of aliphatic carboxylic acids is 1. The van der Waals surface area contributed by atoms with Crippen LogP contribution in [0.5, 0.6) is 0 Å². The van der Waals surface area contributed by atoms with E-state index in [4.69, 9.17) is 10.8 Å². The first kappa shape index (κ1) is 12.0. The normalized spacial score (nSPS) is 10.6. The molecular weight excluding hydrogens is 206 g/mol. The lowest BCUT2D eigenvalue weighted by atomic mass is 10.0. The van der Waals surface area contributed by atoms with E-state index >= 15 is 0 Å². The van der Waals surface area contributed by atoms with Crippen molar-refractivity contribution in [1.82, 2.24) is 0 Å². The van der Waals surface area contributed by atoms with Crippen LogP contribution in [0, 0.1) is 0 Å². The summed E-state index contributed by atoms with van der Waals surface area (Å²) in [6.07, 6.45) is 2.82. The first-order valence-corrected chi connectivity index (χ1v) is 4.88.